The van der Waals surface area contributed by atoms with Crippen molar-refractivity contribution in [2.45, 2.75) is 32.0 Å². The molecule has 0 atom stereocenters. The second kappa shape index (κ2) is 11.7. The Morgan fingerprint density at radius 1 is 0.917 bits per heavy atom. The van der Waals surface area contributed by atoms with Crippen LogP contribution in [0, 0.1) is 13.8 Å². The van der Waals surface area contributed by atoms with Crippen molar-refractivity contribution < 1.29 is 9.59 Å². The summed E-state index contributed by atoms with van der Waals surface area (Å²) < 4.78 is 1.99. The SMILES string of the molecule is Cc1ccc(-n2c(SCC(=O)N(CCC(N)=O)Cc3ccccc3)nnc2-c2ccccc2)cc1C. The molecular formula is C28H29N5O2S. The average Bonchev–Trinajstić information content (AvgIpc) is 3.31. The quantitative estimate of drug-likeness (QED) is 0.323. The van der Waals surface area contributed by atoms with E-state index in [0.29, 0.717) is 17.5 Å². The normalized spacial score (nSPS) is 10.8. The van der Waals surface area contributed by atoms with Crippen LogP contribution in [0.15, 0.2) is 84.0 Å². The van der Waals surface area contributed by atoms with Crippen LogP contribution in [-0.2, 0) is 16.1 Å². The van der Waals surface area contributed by atoms with E-state index in [1.54, 1.807) is 4.90 Å². The van der Waals surface area contributed by atoms with E-state index < -0.39 is 5.91 Å². The molecule has 4 rings (SSSR count). The second-order valence-electron chi connectivity index (χ2n) is 8.58. The van der Waals surface area contributed by atoms with E-state index in [0.717, 1.165) is 22.4 Å². The molecule has 1 heterocycles. The van der Waals surface area contributed by atoms with Crippen LogP contribution in [0.25, 0.3) is 17.1 Å². The molecule has 0 spiro atoms. The third-order valence-electron chi connectivity index (χ3n) is 5.94. The molecule has 0 saturated carbocycles. The molecule has 0 unspecified atom stereocenters. The minimum Gasteiger partial charge on any atom is -0.370 e. The van der Waals surface area contributed by atoms with Crippen molar-refractivity contribution in [3.05, 3.63) is 95.6 Å². The highest BCUT2D eigenvalue weighted by atomic mass is 32.2. The van der Waals surface area contributed by atoms with Gasteiger partial charge in [0, 0.05) is 25.1 Å². The maximum absolute atomic E-state index is 13.3. The minimum absolute atomic E-state index is 0.0963. The highest BCUT2D eigenvalue weighted by Crippen LogP contribution is 2.29. The number of hydrogen-bond acceptors (Lipinski definition) is 5. The number of carbonyl (C=O) groups is 2. The second-order valence-corrected chi connectivity index (χ2v) is 9.52. The molecule has 2 amide bonds. The van der Waals surface area contributed by atoms with Crippen molar-refractivity contribution in [1.82, 2.24) is 19.7 Å². The third kappa shape index (κ3) is 6.20. The van der Waals surface area contributed by atoms with Crippen LogP contribution in [0.1, 0.15) is 23.1 Å². The van der Waals surface area contributed by atoms with E-state index in [1.165, 1.54) is 17.3 Å². The number of benzene rings is 3. The third-order valence-corrected chi connectivity index (χ3v) is 6.85. The van der Waals surface area contributed by atoms with Crippen molar-refractivity contribution in [2.24, 2.45) is 5.73 Å². The summed E-state index contributed by atoms with van der Waals surface area (Å²) in [6, 6.07) is 25.8. The largest absolute Gasteiger partial charge is 0.370 e. The molecule has 0 saturated heterocycles. The van der Waals surface area contributed by atoms with Crippen molar-refractivity contribution in [1.29, 1.82) is 0 Å². The lowest BCUT2D eigenvalue weighted by molar-refractivity contribution is -0.129. The lowest BCUT2D eigenvalue weighted by Crippen LogP contribution is -2.34. The Morgan fingerprint density at radius 2 is 1.61 bits per heavy atom. The van der Waals surface area contributed by atoms with Gasteiger partial charge in [-0.15, -0.1) is 10.2 Å². The first-order valence-corrected chi connectivity index (χ1v) is 12.7. The van der Waals surface area contributed by atoms with Gasteiger partial charge in [-0.1, -0.05) is 78.5 Å². The van der Waals surface area contributed by atoms with Gasteiger partial charge in [0.1, 0.15) is 0 Å². The number of nitrogens with zero attached hydrogens (tertiary/aromatic N) is 4. The Kier molecular flexibility index (Phi) is 8.17. The molecule has 2 N–H and O–H groups in total. The van der Waals surface area contributed by atoms with Crippen LogP contribution in [0.4, 0.5) is 0 Å². The van der Waals surface area contributed by atoms with Crippen LogP contribution >= 0.6 is 11.8 Å². The van der Waals surface area contributed by atoms with Gasteiger partial charge in [-0.3, -0.25) is 14.2 Å². The van der Waals surface area contributed by atoms with Gasteiger partial charge >= 0.3 is 0 Å². The van der Waals surface area contributed by atoms with Crippen LogP contribution in [0.5, 0.6) is 0 Å². The fourth-order valence-electron chi connectivity index (χ4n) is 3.79. The summed E-state index contributed by atoms with van der Waals surface area (Å²) in [5.41, 5.74) is 10.6. The Bertz CT molecular complexity index is 1340. The Labute approximate surface area is 215 Å². The molecule has 0 radical (unpaired) electrons. The van der Waals surface area contributed by atoms with Gasteiger partial charge in [0.15, 0.2) is 11.0 Å². The molecule has 0 aliphatic carbocycles. The first-order valence-electron chi connectivity index (χ1n) is 11.7. The van der Waals surface area contributed by atoms with E-state index in [2.05, 4.69) is 36.2 Å². The number of nitrogens with two attached hydrogens (primary N) is 1. The zero-order valence-corrected chi connectivity index (χ0v) is 21.2. The number of hydrogen-bond donors (Lipinski definition) is 1. The van der Waals surface area contributed by atoms with Gasteiger partial charge in [-0.2, -0.15) is 0 Å². The molecule has 0 bridgehead atoms. The minimum atomic E-state index is -0.435. The number of rotatable bonds is 10. The zero-order valence-electron chi connectivity index (χ0n) is 20.4. The van der Waals surface area contributed by atoms with E-state index >= 15 is 0 Å². The first-order chi connectivity index (χ1) is 17.4. The number of primary amides is 1. The van der Waals surface area contributed by atoms with Crippen molar-refractivity contribution in [3.8, 4) is 17.1 Å². The highest BCUT2D eigenvalue weighted by Gasteiger charge is 2.20. The smallest absolute Gasteiger partial charge is 0.233 e. The maximum Gasteiger partial charge on any atom is 0.233 e. The molecule has 8 heteroatoms. The molecule has 7 nitrogen and oxygen atoms in total. The standard InChI is InChI=1S/C28H29N5O2S/c1-20-13-14-24(17-21(20)2)33-27(23-11-7-4-8-12-23)30-31-28(33)36-19-26(35)32(16-15-25(29)34)18-22-9-5-3-6-10-22/h3-14,17H,15-16,18-19H2,1-2H3,(H2,29,34). The van der Waals surface area contributed by atoms with Crippen molar-refractivity contribution >= 4 is 23.6 Å². The van der Waals surface area contributed by atoms with Crippen LogP contribution in [0.2, 0.25) is 0 Å². The lowest BCUT2D eigenvalue weighted by atomic mass is 10.1. The molecule has 0 fully saturated rings. The van der Waals surface area contributed by atoms with E-state index in [1.807, 2.05) is 71.3 Å². The lowest BCUT2D eigenvalue weighted by Gasteiger charge is -2.22. The number of carbonyl (C=O) groups excluding carboxylic acids is 2. The molecule has 0 aliphatic heterocycles. The number of amides is 2. The predicted octanol–water partition coefficient (Wildman–Crippen LogP) is 4.55. The summed E-state index contributed by atoms with van der Waals surface area (Å²) in [7, 11) is 0. The van der Waals surface area contributed by atoms with Crippen LogP contribution < -0.4 is 5.73 Å². The van der Waals surface area contributed by atoms with Gasteiger partial charge in [0.2, 0.25) is 11.8 Å². The van der Waals surface area contributed by atoms with Gasteiger partial charge in [0.05, 0.1) is 11.4 Å². The molecule has 0 aliphatic rings. The molecule has 36 heavy (non-hydrogen) atoms. The fourth-order valence-corrected chi connectivity index (χ4v) is 4.65. The van der Waals surface area contributed by atoms with Crippen LogP contribution in [0.3, 0.4) is 0 Å². The van der Waals surface area contributed by atoms with Gasteiger partial charge in [-0.05, 0) is 42.7 Å². The van der Waals surface area contributed by atoms with Crippen LogP contribution in [-0.4, -0.2) is 43.8 Å². The number of aryl methyl sites for hydroxylation is 2. The molecule has 184 valence electrons. The summed E-state index contributed by atoms with van der Waals surface area (Å²) in [5, 5.41) is 9.54. The molecular weight excluding hydrogens is 470 g/mol. The summed E-state index contributed by atoms with van der Waals surface area (Å²) in [5.74, 6) is 0.337. The van der Waals surface area contributed by atoms with Gasteiger partial charge in [-0.25, -0.2) is 0 Å². The van der Waals surface area contributed by atoms with E-state index in [9.17, 15) is 9.59 Å². The Hall–Kier alpha value is -3.91. The van der Waals surface area contributed by atoms with Gasteiger partial charge in [0.25, 0.3) is 0 Å². The van der Waals surface area contributed by atoms with E-state index in [-0.39, 0.29) is 24.6 Å². The van der Waals surface area contributed by atoms with Crippen molar-refractivity contribution in [2.75, 3.05) is 12.3 Å². The zero-order chi connectivity index (χ0) is 25.5. The summed E-state index contributed by atoms with van der Waals surface area (Å²) in [6.07, 6.45) is 0.111. The van der Waals surface area contributed by atoms with Crippen molar-refractivity contribution in [3.63, 3.8) is 0 Å². The number of aromatic nitrogens is 3. The average molecular weight is 500 g/mol. The maximum atomic E-state index is 13.3. The summed E-state index contributed by atoms with van der Waals surface area (Å²) >= 11 is 1.33. The first kappa shape index (κ1) is 25.2. The molecule has 4 aromatic rings. The summed E-state index contributed by atoms with van der Waals surface area (Å²) in [4.78, 5) is 26.3. The Morgan fingerprint density at radius 3 is 2.28 bits per heavy atom. The number of thioether (sulfide) groups is 1. The fraction of sp³-hybridized carbons (Fsp3) is 0.214. The topological polar surface area (TPSA) is 94.1 Å². The summed E-state index contributed by atoms with van der Waals surface area (Å²) in [6.45, 7) is 4.82. The van der Waals surface area contributed by atoms with E-state index in [4.69, 9.17) is 5.73 Å². The predicted molar refractivity (Wildman–Crippen MR) is 143 cm³/mol. The van der Waals surface area contributed by atoms with Gasteiger partial charge < -0.3 is 10.6 Å². The molecule has 1 aromatic heterocycles. The highest BCUT2D eigenvalue weighted by molar-refractivity contribution is 7.99. The Balaban J connectivity index is 1.60. The molecule has 3 aromatic carbocycles. The monoisotopic (exact) mass is 499 g/mol.